The van der Waals surface area contributed by atoms with Gasteiger partial charge < -0.3 is 92.1 Å². The normalized spacial score (nSPS) is 22.0. The van der Waals surface area contributed by atoms with Crippen LogP contribution in [-0.4, -0.2) is 261 Å². The Hall–Kier alpha value is -4.63. The molecule has 510 valence electrons. The van der Waals surface area contributed by atoms with Crippen molar-refractivity contribution in [1.29, 1.82) is 0 Å². The molecule has 4 aliphatic rings. The van der Waals surface area contributed by atoms with Crippen molar-refractivity contribution in [3.05, 3.63) is 59.2 Å². The zero-order valence-electron chi connectivity index (χ0n) is 53.0. The third-order valence-corrected chi connectivity index (χ3v) is 16.2. The molecule has 2 unspecified atom stereocenters. The molecule has 3 aliphatic heterocycles. The van der Waals surface area contributed by atoms with E-state index < -0.39 is 29.1 Å². The summed E-state index contributed by atoms with van der Waals surface area (Å²) in [6, 6.07) is 3.71. The van der Waals surface area contributed by atoms with Crippen LogP contribution in [0.1, 0.15) is 86.8 Å². The van der Waals surface area contributed by atoms with Crippen molar-refractivity contribution in [3.8, 4) is 0 Å². The van der Waals surface area contributed by atoms with Gasteiger partial charge in [0, 0.05) is 83.9 Å². The first-order chi connectivity index (χ1) is 43.7. The largest absolute Gasteiger partial charge is 0.417 e. The van der Waals surface area contributed by atoms with Gasteiger partial charge in [-0.3, -0.25) is 29.1 Å². The summed E-state index contributed by atoms with van der Waals surface area (Å²) < 4.78 is 119. The highest BCUT2D eigenvalue weighted by molar-refractivity contribution is 5.90. The number of nitrogens with one attached hydrogen (secondary N) is 3. The van der Waals surface area contributed by atoms with Crippen LogP contribution in [0.3, 0.4) is 0 Å². The molecule has 1 aliphatic carbocycles. The molecule has 7 atom stereocenters. The van der Waals surface area contributed by atoms with Gasteiger partial charge in [-0.15, -0.1) is 0 Å². The van der Waals surface area contributed by atoms with Crippen molar-refractivity contribution in [2.45, 2.75) is 95.4 Å². The van der Waals surface area contributed by atoms with Crippen molar-refractivity contribution in [2.75, 3.05) is 199 Å². The molecule has 90 heavy (non-hydrogen) atoms. The van der Waals surface area contributed by atoms with Crippen molar-refractivity contribution >= 4 is 23.6 Å². The summed E-state index contributed by atoms with van der Waals surface area (Å²) in [7, 11) is 3.37. The van der Waals surface area contributed by atoms with E-state index in [1.807, 2.05) is 19.9 Å². The molecule has 6 rings (SSSR count). The van der Waals surface area contributed by atoms with E-state index in [1.165, 1.54) is 0 Å². The monoisotopic (exact) mass is 1290 g/mol. The first-order valence-electron chi connectivity index (χ1n) is 31.6. The Kier molecular flexibility index (Phi) is 34.6. The molecule has 2 aromatic rings. The number of fused-ring (bicyclic) bond motifs is 1. The number of alkyl halides is 3. The molecule has 5 heterocycles. The number of carbonyl (C=O) groups excluding carboxylic acids is 4. The summed E-state index contributed by atoms with van der Waals surface area (Å²) in [6.07, 6.45) is 2.30. The van der Waals surface area contributed by atoms with Crippen LogP contribution in [0.25, 0.3) is 0 Å². The highest BCUT2D eigenvalue weighted by Crippen LogP contribution is 2.47. The van der Waals surface area contributed by atoms with Gasteiger partial charge in [-0.05, 0) is 54.9 Å². The van der Waals surface area contributed by atoms with Crippen LogP contribution < -0.4 is 16.0 Å². The number of likely N-dealkylation sites (tertiary alicyclic amines) is 1. The van der Waals surface area contributed by atoms with E-state index in [4.69, 9.17) is 66.3 Å². The number of hydrogen-bond donors (Lipinski definition) is 3. The van der Waals surface area contributed by atoms with E-state index in [9.17, 15) is 32.3 Å². The second-order valence-corrected chi connectivity index (χ2v) is 22.7. The van der Waals surface area contributed by atoms with Gasteiger partial charge in [-0.25, -0.2) is 0 Å². The molecule has 3 N–H and O–H groups in total. The van der Waals surface area contributed by atoms with Crippen LogP contribution in [0.5, 0.6) is 0 Å². The number of carbonyl (C=O) groups is 4. The number of amides is 4. The second kappa shape index (κ2) is 41.9. The lowest BCUT2D eigenvalue weighted by Gasteiger charge is -2.42. The summed E-state index contributed by atoms with van der Waals surface area (Å²) in [6.45, 7) is 14.8. The number of hydrogen-bond acceptors (Lipinski definition) is 21. The summed E-state index contributed by atoms with van der Waals surface area (Å²) in [5.41, 5.74) is -0.248. The van der Waals surface area contributed by atoms with Gasteiger partial charge >= 0.3 is 6.18 Å². The third-order valence-electron chi connectivity index (χ3n) is 16.2. The fourth-order valence-electron chi connectivity index (χ4n) is 11.3. The topological polar surface area (TPSA) is 266 Å². The highest BCUT2D eigenvalue weighted by Gasteiger charge is 2.51. The van der Waals surface area contributed by atoms with Crippen molar-refractivity contribution in [3.63, 3.8) is 0 Å². The molecule has 28 heteroatoms. The lowest BCUT2D eigenvalue weighted by molar-refractivity contribution is -0.147. The smallest absolute Gasteiger partial charge is 0.379 e. The maximum absolute atomic E-state index is 14.6. The molecule has 4 amide bonds. The average Bonchev–Trinajstić information content (AvgIpc) is 1.57. The molecule has 0 aromatic carbocycles. The number of ether oxygens (including phenoxy) is 14. The highest BCUT2D eigenvalue weighted by atomic mass is 19.4. The van der Waals surface area contributed by atoms with Gasteiger partial charge in [0.25, 0.3) is 0 Å². The van der Waals surface area contributed by atoms with Gasteiger partial charge in [0.2, 0.25) is 23.6 Å². The zero-order valence-corrected chi connectivity index (χ0v) is 53.0. The minimum Gasteiger partial charge on any atom is -0.379 e. The number of halogens is 3. The first kappa shape index (κ1) is 74.4. The second-order valence-electron chi connectivity index (χ2n) is 22.7. The lowest BCUT2D eigenvalue weighted by atomic mass is 9.73. The van der Waals surface area contributed by atoms with Gasteiger partial charge in [-0.1, -0.05) is 19.9 Å². The Morgan fingerprint density at radius 3 is 1.74 bits per heavy atom. The predicted octanol–water partition coefficient (Wildman–Crippen LogP) is 3.51. The van der Waals surface area contributed by atoms with E-state index >= 15 is 0 Å². The number of aromatic nitrogens is 2. The van der Waals surface area contributed by atoms with Gasteiger partial charge in [0.15, 0.2) is 0 Å². The fraction of sp³-hybridized carbons (Fsp3) is 0.774. The lowest BCUT2D eigenvalue weighted by Crippen LogP contribution is -2.53. The Bertz CT molecular complexity index is 2360. The van der Waals surface area contributed by atoms with E-state index in [1.54, 1.807) is 42.4 Å². The Balaban J connectivity index is 0.656. The quantitative estimate of drug-likeness (QED) is 0.0801. The van der Waals surface area contributed by atoms with Crippen LogP contribution >= 0.6 is 0 Å². The van der Waals surface area contributed by atoms with E-state index in [0.717, 1.165) is 30.7 Å². The standard InChI is InChI=1S/C62H98F3N7O18/c1-46(2)61(10-7-50(40-61)69-52-8-13-90-45-54(52)77-4)60(76)72-43-48-38-49(62(63,64)65)42-68-57(48)53(44-72)70-55(73)9-14-78-16-18-80-20-22-82-24-26-84-28-30-86-32-34-88-36-37-89-35-33-87-31-29-85-27-25-83-23-21-81-19-17-79-15-12-67-59(75)51-39-56(74)71(3)58(51)47-6-5-11-66-41-47/h5-6,11,38,41-42,46,50-54,58,69H,7-10,12-37,39-40,43-45H2,1-4H3,(H,67,75)(H,70,73)/t50-,51?,52+,53-,54-,58?,61+/m1/s1. The molecule has 0 radical (unpaired) electrons. The third kappa shape index (κ3) is 25.7. The van der Waals surface area contributed by atoms with E-state index in [2.05, 4.69) is 25.9 Å². The van der Waals surface area contributed by atoms with Crippen molar-refractivity contribution in [1.82, 2.24) is 35.7 Å². The molecule has 25 nitrogen and oxygen atoms in total. The van der Waals surface area contributed by atoms with Crippen LogP contribution in [0.15, 0.2) is 36.8 Å². The molecule has 3 fully saturated rings. The molecule has 2 saturated heterocycles. The Morgan fingerprint density at radius 1 is 0.733 bits per heavy atom. The molecule has 2 aromatic heterocycles. The first-order valence-corrected chi connectivity index (χ1v) is 31.6. The van der Waals surface area contributed by atoms with E-state index in [-0.39, 0.29) is 105 Å². The molecular weight excluding hydrogens is 1190 g/mol. The Morgan fingerprint density at radius 2 is 1.26 bits per heavy atom. The van der Waals surface area contributed by atoms with Crippen LogP contribution in [-0.2, 0) is 98.2 Å². The van der Waals surface area contributed by atoms with Gasteiger partial charge in [0.1, 0.15) is 0 Å². The minimum absolute atomic E-state index is 0.0113. The summed E-state index contributed by atoms with van der Waals surface area (Å²) in [5, 5.41) is 9.52. The van der Waals surface area contributed by atoms with Gasteiger partial charge in [0.05, 0.1) is 206 Å². The van der Waals surface area contributed by atoms with Crippen molar-refractivity contribution < 1.29 is 98.7 Å². The van der Waals surface area contributed by atoms with Crippen molar-refractivity contribution in [2.24, 2.45) is 17.3 Å². The Labute approximate surface area is 527 Å². The van der Waals surface area contributed by atoms with Gasteiger partial charge in [-0.2, -0.15) is 13.2 Å². The van der Waals surface area contributed by atoms with Crippen LogP contribution in [0.4, 0.5) is 13.2 Å². The maximum atomic E-state index is 14.6. The summed E-state index contributed by atoms with van der Waals surface area (Å²) in [4.78, 5) is 64.6. The maximum Gasteiger partial charge on any atom is 0.417 e. The summed E-state index contributed by atoms with van der Waals surface area (Å²) >= 11 is 0. The SMILES string of the molecule is CO[C@@H]1COCC[C@@H]1N[C@@H]1CC[C@@](C(=O)N2Cc3cc(C(F)(F)F)cnc3[C@H](NC(=O)CCOCCOCCOCCOCCOCCOCCOCCOCCOCCOCCOCCOCCNC(=O)C3CC(=O)N(C)C3c3cccnc3)C2)(C(C)C)C1. The number of pyridine rings is 2. The molecule has 0 spiro atoms. The number of methoxy groups -OCH3 is 1. The zero-order chi connectivity index (χ0) is 64.2. The number of rotatable bonds is 47. The molecule has 1 saturated carbocycles. The summed E-state index contributed by atoms with van der Waals surface area (Å²) in [5.74, 6) is -1.29. The van der Waals surface area contributed by atoms with Crippen LogP contribution in [0, 0.1) is 17.3 Å². The van der Waals surface area contributed by atoms with Crippen LogP contribution in [0.2, 0.25) is 0 Å². The average molecular weight is 1290 g/mol. The van der Waals surface area contributed by atoms with E-state index in [0.29, 0.717) is 177 Å². The minimum atomic E-state index is -4.63. The predicted molar refractivity (Wildman–Crippen MR) is 319 cm³/mol. The molecular formula is C62H98F3N7O18. The fourth-order valence-corrected chi connectivity index (χ4v) is 11.3. The number of nitrogens with zero attached hydrogens (tertiary/aromatic N) is 4. The molecule has 0 bridgehead atoms.